The van der Waals surface area contributed by atoms with Crippen molar-refractivity contribution >= 4 is 24.2 Å². The zero-order valence-corrected chi connectivity index (χ0v) is 16.0. The number of nitrogens with zero attached hydrogens (tertiary/aromatic N) is 3. The Bertz CT molecular complexity index is 664. The van der Waals surface area contributed by atoms with Gasteiger partial charge in [0.05, 0.1) is 6.04 Å². The van der Waals surface area contributed by atoms with Gasteiger partial charge in [0.1, 0.15) is 5.69 Å². The number of amides is 2. The lowest BCUT2D eigenvalue weighted by atomic mass is 9.72. The van der Waals surface area contributed by atoms with E-state index in [1.165, 1.54) is 0 Å². The fourth-order valence-corrected chi connectivity index (χ4v) is 4.84. The van der Waals surface area contributed by atoms with Crippen molar-refractivity contribution in [2.24, 2.45) is 11.8 Å². The Kier molecular flexibility index (Phi) is 5.87. The Morgan fingerprint density at radius 2 is 2.19 bits per heavy atom. The largest absolute Gasteiger partial charge is 0.349 e. The van der Waals surface area contributed by atoms with Gasteiger partial charge in [0.15, 0.2) is 0 Å². The first kappa shape index (κ1) is 19.2. The summed E-state index contributed by atoms with van der Waals surface area (Å²) < 4.78 is 1.75. The minimum atomic E-state index is -0.154. The quantitative estimate of drug-likeness (QED) is 0.816. The number of nitrogens with one attached hydrogen (secondary N) is 2. The summed E-state index contributed by atoms with van der Waals surface area (Å²) in [6, 6.07) is 2.18. The van der Waals surface area contributed by atoms with E-state index in [4.69, 9.17) is 0 Å². The van der Waals surface area contributed by atoms with Crippen LogP contribution in [0.25, 0.3) is 0 Å². The molecular weight excluding hydrogens is 354 g/mol. The average Bonchev–Trinajstić information content (AvgIpc) is 3.11. The molecule has 4 rings (SSSR count). The SMILES string of the molecule is CCn1ccc(C(=O)NC[C@H]2[C@@H]3CNC[C@@H](C3)[C@@H]3CCCC(=O)N32)n1.Cl. The molecule has 0 spiro atoms. The van der Waals surface area contributed by atoms with Crippen LogP contribution in [0.3, 0.4) is 0 Å². The first-order valence-corrected chi connectivity index (χ1v) is 9.51. The summed E-state index contributed by atoms with van der Waals surface area (Å²) in [6.45, 7) is 5.19. The maximum absolute atomic E-state index is 12.6. The Hall–Kier alpha value is -1.60. The zero-order chi connectivity index (χ0) is 17.4. The van der Waals surface area contributed by atoms with Crippen LogP contribution in [0.2, 0.25) is 0 Å². The van der Waals surface area contributed by atoms with Gasteiger partial charge in [0.2, 0.25) is 5.91 Å². The Labute approximate surface area is 160 Å². The van der Waals surface area contributed by atoms with Crippen molar-refractivity contribution in [1.29, 1.82) is 0 Å². The highest BCUT2D eigenvalue weighted by molar-refractivity contribution is 5.92. The van der Waals surface area contributed by atoms with Crippen molar-refractivity contribution < 1.29 is 9.59 Å². The molecule has 4 heterocycles. The van der Waals surface area contributed by atoms with Gasteiger partial charge in [-0.25, -0.2) is 0 Å². The molecule has 0 unspecified atom stereocenters. The fourth-order valence-electron chi connectivity index (χ4n) is 4.84. The molecule has 0 radical (unpaired) electrons. The average molecular weight is 382 g/mol. The number of rotatable bonds is 4. The molecule has 3 fully saturated rings. The fraction of sp³-hybridized carbons (Fsp3) is 0.722. The molecule has 0 aliphatic carbocycles. The first-order valence-electron chi connectivity index (χ1n) is 9.51. The number of aryl methyl sites for hydroxylation is 1. The second-order valence-electron chi connectivity index (χ2n) is 7.51. The highest BCUT2D eigenvalue weighted by atomic mass is 35.5. The molecule has 3 aliphatic rings. The van der Waals surface area contributed by atoms with E-state index >= 15 is 0 Å². The lowest BCUT2D eigenvalue weighted by molar-refractivity contribution is -0.148. The monoisotopic (exact) mass is 381 g/mol. The number of hydrogen-bond donors (Lipinski definition) is 2. The minimum Gasteiger partial charge on any atom is -0.349 e. The smallest absolute Gasteiger partial charge is 0.271 e. The van der Waals surface area contributed by atoms with Crippen LogP contribution in [0.4, 0.5) is 0 Å². The van der Waals surface area contributed by atoms with E-state index in [0.717, 1.165) is 38.9 Å². The van der Waals surface area contributed by atoms with Gasteiger partial charge >= 0.3 is 0 Å². The third-order valence-electron chi connectivity index (χ3n) is 6.07. The van der Waals surface area contributed by atoms with Crippen molar-refractivity contribution in [2.75, 3.05) is 19.6 Å². The Morgan fingerprint density at radius 1 is 1.38 bits per heavy atom. The van der Waals surface area contributed by atoms with Crippen LogP contribution >= 0.6 is 12.4 Å². The second kappa shape index (κ2) is 7.96. The van der Waals surface area contributed by atoms with Crippen molar-refractivity contribution in [2.45, 2.75) is 51.2 Å². The van der Waals surface area contributed by atoms with Crippen LogP contribution in [0, 0.1) is 11.8 Å². The van der Waals surface area contributed by atoms with Gasteiger partial charge in [0, 0.05) is 38.3 Å². The molecule has 0 saturated carbocycles. The lowest BCUT2D eigenvalue weighted by Crippen LogP contribution is -2.66. The molecule has 4 atom stereocenters. The van der Waals surface area contributed by atoms with Crippen LogP contribution in [0.1, 0.15) is 43.1 Å². The normalized spacial score (nSPS) is 30.3. The van der Waals surface area contributed by atoms with E-state index in [1.807, 2.05) is 13.1 Å². The van der Waals surface area contributed by atoms with Crippen molar-refractivity contribution in [3.8, 4) is 0 Å². The minimum absolute atomic E-state index is 0. The lowest BCUT2D eigenvalue weighted by Gasteiger charge is -2.54. The predicted molar refractivity (Wildman–Crippen MR) is 100 cm³/mol. The first-order chi connectivity index (χ1) is 12.2. The molecule has 1 aromatic heterocycles. The number of fused-ring (bicyclic) bond motifs is 4. The van der Waals surface area contributed by atoms with Crippen molar-refractivity contribution in [3.05, 3.63) is 18.0 Å². The number of carbonyl (C=O) groups is 2. The van der Waals surface area contributed by atoms with E-state index in [1.54, 1.807) is 10.7 Å². The third-order valence-corrected chi connectivity index (χ3v) is 6.07. The Morgan fingerprint density at radius 3 is 2.96 bits per heavy atom. The molecule has 8 heteroatoms. The third kappa shape index (κ3) is 3.47. The van der Waals surface area contributed by atoms with Gasteiger partial charge in [-0.3, -0.25) is 14.3 Å². The maximum Gasteiger partial charge on any atom is 0.271 e. The van der Waals surface area contributed by atoms with Gasteiger partial charge in [-0.1, -0.05) is 0 Å². The number of piperidine rings is 3. The van der Waals surface area contributed by atoms with Crippen LogP contribution in [-0.4, -0.2) is 58.2 Å². The topological polar surface area (TPSA) is 79.3 Å². The van der Waals surface area contributed by atoms with Crippen LogP contribution < -0.4 is 10.6 Å². The van der Waals surface area contributed by atoms with Gasteiger partial charge in [-0.2, -0.15) is 5.10 Å². The molecule has 0 aromatic carbocycles. The maximum atomic E-state index is 12.6. The standard InChI is InChI=1S/C18H27N5O2.ClH/c1-2-22-7-6-14(21-22)18(25)20-11-16-13-8-12(9-19-10-13)15-4-3-5-17(24)23(15)16;/h6-7,12-13,15-16,19H,2-5,8-11H2,1H3,(H,20,25);1H/t12-,13+,15+,16+;/m1./s1. The highest BCUT2D eigenvalue weighted by Crippen LogP contribution is 2.39. The number of carbonyl (C=O) groups excluding carboxylic acids is 2. The summed E-state index contributed by atoms with van der Waals surface area (Å²) in [5.74, 6) is 1.10. The second-order valence-corrected chi connectivity index (χ2v) is 7.51. The van der Waals surface area contributed by atoms with Gasteiger partial charge in [0.25, 0.3) is 5.91 Å². The van der Waals surface area contributed by atoms with Crippen LogP contribution in [0.5, 0.6) is 0 Å². The summed E-state index contributed by atoms with van der Waals surface area (Å²) in [5, 5.41) is 10.8. The molecule has 1 aromatic rings. The summed E-state index contributed by atoms with van der Waals surface area (Å²) in [4.78, 5) is 27.1. The molecule has 2 N–H and O–H groups in total. The van der Waals surface area contributed by atoms with E-state index < -0.39 is 0 Å². The summed E-state index contributed by atoms with van der Waals surface area (Å²) in [7, 11) is 0. The van der Waals surface area contributed by atoms with Gasteiger partial charge in [-0.15, -0.1) is 12.4 Å². The van der Waals surface area contributed by atoms with Crippen LogP contribution in [-0.2, 0) is 11.3 Å². The number of halogens is 1. The molecule has 26 heavy (non-hydrogen) atoms. The van der Waals surface area contributed by atoms with Gasteiger partial charge < -0.3 is 15.5 Å². The zero-order valence-electron chi connectivity index (χ0n) is 15.2. The molecule has 2 bridgehead atoms. The molecule has 7 nitrogen and oxygen atoms in total. The highest BCUT2D eigenvalue weighted by Gasteiger charge is 2.47. The van der Waals surface area contributed by atoms with E-state index in [-0.39, 0.29) is 30.3 Å². The number of aromatic nitrogens is 2. The summed E-state index contributed by atoms with van der Waals surface area (Å²) in [6.07, 6.45) is 5.71. The summed E-state index contributed by atoms with van der Waals surface area (Å²) in [5.41, 5.74) is 0.443. The molecule has 2 amide bonds. The van der Waals surface area contributed by atoms with E-state index in [0.29, 0.717) is 36.5 Å². The Balaban J connectivity index is 0.00000196. The van der Waals surface area contributed by atoms with E-state index in [9.17, 15) is 9.59 Å². The molecule has 3 saturated heterocycles. The molecule has 144 valence electrons. The summed E-state index contributed by atoms with van der Waals surface area (Å²) >= 11 is 0. The van der Waals surface area contributed by atoms with Gasteiger partial charge in [-0.05, 0) is 50.6 Å². The van der Waals surface area contributed by atoms with Crippen molar-refractivity contribution in [1.82, 2.24) is 25.3 Å². The number of hydrogen-bond acceptors (Lipinski definition) is 4. The molecular formula is C18H28ClN5O2. The van der Waals surface area contributed by atoms with E-state index in [2.05, 4.69) is 20.6 Å². The van der Waals surface area contributed by atoms with Crippen LogP contribution in [0.15, 0.2) is 12.3 Å². The molecule has 3 aliphatic heterocycles. The van der Waals surface area contributed by atoms with Crippen molar-refractivity contribution in [3.63, 3.8) is 0 Å². The predicted octanol–water partition coefficient (Wildman–Crippen LogP) is 1.04.